The van der Waals surface area contributed by atoms with Crippen LogP contribution in [0.1, 0.15) is 29.6 Å². The Hall–Kier alpha value is -0.940. The van der Waals surface area contributed by atoms with Gasteiger partial charge >= 0.3 is 0 Å². The molecule has 108 valence electrons. The van der Waals surface area contributed by atoms with Crippen LogP contribution in [0.2, 0.25) is 0 Å². The average molecular weight is 341 g/mol. The number of hydrogen-bond donors (Lipinski definition) is 0. The van der Waals surface area contributed by atoms with E-state index in [0.717, 1.165) is 26.1 Å². The molecule has 2 heterocycles. The second-order valence-corrected chi connectivity index (χ2v) is 6.39. The summed E-state index contributed by atoms with van der Waals surface area (Å²) in [5.41, 5.74) is 0.170. The molecule has 0 N–H and O–H groups in total. The van der Waals surface area contributed by atoms with Crippen LogP contribution in [0.5, 0.6) is 0 Å². The van der Waals surface area contributed by atoms with E-state index in [1.807, 2.05) is 0 Å². The fraction of sp³-hybridized carbons (Fsp3) is 0.533. The standard InChI is InChI=1S/C15H18BrFN2O/c16-13-6-3-5-12(14(13)17)15(20)19-9-8-18-7-2-1-4-11(18)10-19/h3,5-6,11H,1-2,4,7-10H2. The van der Waals surface area contributed by atoms with Gasteiger partial charge in [0.1, 0.15) is 5.82 Å². The van der Waals surface area contributed by atoms with E-state index in [1.54, 1.807) is 23.1 Å². The van der Waals surface area contributed by atoms with Crippen molar-refractivity contribution in [3.8, 4) is 0 Å². The van der Waals surface area contributed by atoms with Gasteiger partial charge in [-0.05, 0) is 47.4 Å². The lowest BCUT2D eigenvalue weighted by molar-refractivity contribution is 0.0369. The zero-order chi connectivity index (χ0) is 14.1. The van der Waals surface area contributed by atoms with Crippen molar-refractivity contribution in [2.75, 3.05) is 26.2 Å². The van der Waals surface area contributed by atoms with Crippen molar-refractivity contribution in [2.24, 2.45) is 0 Å². The van der Waals surface area contributed by atoms with E-state index in [2.05, 4.69) is 20.8 Å². The molecule has 1 unspecified atom stereocenters. The molecule has 0 aromatic heterocycles. The minimum atomic E-state index is -0.455. The number of halogens is 2. The number of carbonyl (C=O) groups excluding carboxylic acids is 1. The van der Waals surface area contributed by atoms with Crippen molar-refractivity contribution >= 4 is 21.8 Å². The second-order valence-electron chi connectivity index (χ2n) is 5.54. The van der Waals surface area contributed by atoms with Gasteiger partial charge in [-0.15, -0.1) is 0 Å². The van der Waals surface area contributed by atoms with Gasteiger partial charge in [0.15, 0.2) is 0 Å². The monoisotopic (exact) mass is 340 g/mol. The number of fused-ring (bicyclic) bond motifs is 1. The minimum Gasteiger partial charge on any atom is -0.336 e. The van der Waals surface area contributed by atoms with Crippen molar-refractivity contribution < 1.29 is 9.18 Å². The summed E-state index contributed by atoms with van der Waals surface area (Å²) in [6.45, 7) is 3.47. The van der Waals surface area contributed by atoms with Gasteiger partial charge in [0.05, 0.1) is 10.0 Å². The molecule has 20 heavy (non-hydrogen) atoms. The molecule has 0 aliphatic carbocycles. The third kappa shape index (κ3) is 2.61. The zero-order valence-corrected chi connectivity index (χ0v) is 12.9. The summed E-state index contributed by atoms with van der Waals surface area (Å²) in [7, 11) is 0. The minimum absolute atomic E-state index is 0.170. The van der Waals surface area contributed by atoms with E-state index in [4.69, 9.17) is 0 Å². The Kier molecular flexibility index (Phi) is 4.08. The number of rotatable bonds is 1. The molecule has 3 rings (SSSR count). The molecule has 1 atom stereocenters. The fourth-order valence-electron chi connectivity index (χ4n) is 3.18. The van der Waals surface area contributed by atoms with Gasteiger partial charge in [-0.1, -0.05) is 12.5 Å². The SMILES string of the molecule is O=C(c1cccc(Br)c1F)N1CCN2CCCCC2C1. The maximum absolute atomic E-state index is 14.0. The third-order valence-corrected chi connectivity index (χ3v) is 4.92. The molecule has 0 saturated carbocycles. The molecule has 1 aromatic rings. The molecule has 2 aliphatic rings. The van der Waals surface area contributed by atoms with Crippen molar-refractivity contribution in [3.63, 3.8) is 0 Å². The highest BCUT2D eigenvalue weighted by molar-refractivity contribution is 9.10. The van der Waals surface area contributed by atoms with E-state index in [1.165, 1.54) is 12.8 Å². The summed E-state index contributed by atoms with van der Waals surface area (Å²) >= 11 is 3.14. The summed E-state index contributed by atoms with van der Waals surface area (Å²) in [6, 6.07) is 5.34. The van der Waals surface area contributed by atoms with E-state index in [0.29, 0.717) is 17.1 Å². The van der Waals surface area contributed by atoms with Crippen molar-refractivity contribution in [1.29, 1.82) is 0 Å². The first-order valence-electron chi connectivity index (χ1n) is 7.14. The quantitative estimate of drug-likeness (QED) is 0.784. The summed E-state index contributed by atoms with van der Waals surface area (Å²) in [5, 5.41) is 0. The van der Waals surface area contributed by atoms with Crippen LogP contribution < -0.4 is 0 Å². The van der Waals surface area contributed by atoms with Gasteiger partial charge in [-0.25, -0.2) is 4.39 Å². The molecule has 3 nitrogen and oxygen atoms in total. The van der Waals surface area contributed by atoms with E-state index >= 15 is 0 Å². The highest BCUT2D eigenvalue weighted by Crippen LogP contribution is 2.24. The summed E-state index contributed by atoms with van der Waals surface area (Å²) in [4.78, 5) is 16.8. The van der Waals surface area contributed by atoms with Gasteiger partial charge in [0.25, 0.3) is 5.91 Å². The van der Waals surface area contributed by atoms with Crippen molar-refractivity contribution in [1.82, 2.24) is 9.80 Å². The van der Waals surface area contributed by atoms with Gasteiger partial charge in [0.2, 0.25) is 0 Å². The van der Waals surface area contributed by atoms with Crippen LogP contribution in [0.3, 0.4) is 0 Å². The summed E-state index contributed by atoms with van der Waals surface area (Å²) < 4.78 is 14.4. The molecule has 2 saturated heterocycles. The Morgan fingerprint density at radius 1 is 1.25 bits per heavy atom. The number of nitrogens with zero attached hydrogens (tertiary/aromatic N) is 2. The lowest BCUT2D eigenvalue weighted by Crippen LogP contribution is -2.56. The molecule has 1 aromatic carbocycles. The van der Waals surface area contributed by atoms with Crippen LogP contribution in [0.4, 0.5) is 4.39 Å². The van der Waals surface area contributed by atoms with Crippen LogP contribution >= 0.6 is 15.9 Å². The Morgan fingerprint density at radius 3 is 2.95 bits per heavy atom. The first kappa shape index (κ1) is 14.0. The Morgan fingerprint density at radius 2 is 2.10 bits per heavy atom. The smallest absolute Gasteiger partial charge is 0.256 e. The first-order chi connectivity index (χ1) is 9.66. The van der Waals surface area contributed by atoms with E-state index < -0.39 is 5.82 Å². The number of piperidine rings is 1. The Bertz CT molecular complexity index is 523. The van der Waals surface area contributed by atoms with Crippen LogP contribution in [-0.2, 0) is 0 Å². The first-order valence-corrected chi connectivity index (χ1v) is 7.93. The second kappa shape index (κ2) is 5.82. The summed E-state index contributed by atoms with van der Waals surface area (Å²) in [5.74, 6) is -0.641. The number of amides is 1. The number of benzene rings is 1. The summed E-state index contributed by atoms with van der Waals surface area (Å²) in [6.07, 6.45) is 3.63. The number of carbonyl (C=O) groups is 1. The molecule has 5 heteroatoms. The predicted octanol–water partition coefficient (Wildman–Crippen LogP) is 2.90. The molecule has 1 amide bonds. The van der Waals surface area contributed by atoms with Crippen molar-refractivity contribution in [2.45, 2.75) is 25.3 Å². The zero-order valence-electron chi connectivity index (χ0n) is 11.3. The molecule has 0 spiro atoms. The Balaban J connectivity index is 1.76. The molecule has 2 fully saturated rings. The largest absolute Gasteiger partial charge is 0.336 e. The maximum Gasteiger partial charge on any atom is 0.256 e. The highest BCUT2D eigenvalue weighted by Gasteiger charge is 2.32. The van der Waals surface area contributed by atoms with Gasteiger partial charge in [-0.3, -0.25) is 9.69 Å². The lowest BCUT2D eigenvalue weighted by atomic mass is 9.99. The van der Waals surface area contributed by atoms with Gasteiger partial charge in [0, 0.05) is 25.7 Å². The molecule has 0 radical (unpaired) electrons. The average Bonchev–Trinajstić information content (AvgIpc) is 2.49. The Labute approximate surface area is 126 Å². The van der Waals surface area contributed by atoms with Crippen LogP contribution in [0.15, 0.2) is 22.7 Å². The fourth-order valence-corrected chi connectivity index (χ4v) is 3.55. The van der Waals surface area contributed by atoms with Crippen molar-refractivity contribution in [3.05, 3.63) is 34.1 Å². The molecule has 2 aliphatic heterocycles. The van der Waals surface area contributed by atoms with Crippen LogP contribution in [0, 0.1) is 5.82 Å². The third-order valence-electron chi connectivity index (χ3n) is 4.31. The van der Waals surface area contributed by atoms with Gasteiger partial charge in [-0.2, -0.15) is 0 Å². The lowest BCUT2D eigenvalue weighted by Gasteiger charge is -2.44. The highest BCUT2D eigenvalue weighted by atomic mass is 79.9. The van der Waals surface area contributed by atoms with Crippen LogP contribution in [0.25, 0.3) is 0 Å². The normalized spacial score (nSPS) is 23.5. The molecule has 0 bridgehead atoms. The number of hydrogen-bond acceptors (Lipinski definition) is 2. The molecular weight excluding hydrogens is 323 g/mol. The van der Waals surface area contributed by atoms with E-state index in [-0.39, 0.29) is 11.5 Å². The van der Waals surface area contributed by atoms with Crippen LogP contribution in [-0.4, -0.2) is 47.9 Å². The van der Waals surface area contributed by atoms with Gasteiger partial charge < -0.3 is 4.90 Å². The number of piperazine rings is 1. The molecular formula is C15H18BrFN2O. The maximum atomic E-state index is 14.0. The predicted molar refractivity (Wildman–Crippen MR) is 79.2 cm³/mol. The topological polar surface area (TPSA) is 23.6 Å². The van der Waals surface area contributed by atoms with E-state index in [9.17, 15) is 9.18 Å².